The lowest BCUT2D eigenvalue weighted by molar-refractivity contribution is 0.414. The minimum absolute atomic E-state index is 0.201. The van der Waals surface area contributed by atoms with Crippen LogP contribution in [0.5, 0.6) is 0 Å². The van der Waals surface area contributed by atoms with E-state index >= 15 is 0 Å². The Labute approximate surface area is 57.0 Å². The van der Waals surface area contributed by atoms with Crippen molar-refractivity contribution in [3.8, 4) is 6.07 Å². The van der Waals surface area contributed by atoms with E-state index in [-0.39, 0.29) is 5.41 Å². The highest BCUT2D eigenvalue weighted by molar-refractivity contribution is 5.16. The van der Waals surface area contributed by atoms with E-state index in [1.165, 1.54) is 0 Å². The van der Waals surface area contributed by atoms with Crippen LogP contribution in [0.15, 0.2) is 12.2 Å². The molecule has 0 aromatic carbocycles. The Hall–Kier alpha value is -0.770. The average Bonchev–Trinajstić information content (AvgIpc) is 1.62. The summed E-state index contributed by atoms with van der Waals surface area (Å²) >= 11 is 0. The first-order chi connectivity index (χ1) is 3.95. The van der Waals surface area contributed by atoms with E-state index in [0.717, 1.165) is 6.42 Å². The van der Waals surface area contributed by atoms with Crippen molar-refractivity contribution < 1.29 is 0 Å². The molecule has 0 saturated carbocycles. The topological polar surface area (TPSA) is 23.8 Å². The standard InChI is InChI=1S/C8H13N/c1-7(6-9)5-8(2,3)4/h1,5H2,2-4H3. The van der Waals surface area contributed by atoms with Gasteiger partial charge >= 0.3 is 0 Å². The summed E-state index contributed by atoms with van der Waals surface area (Å²) in [5.41, 5.74) is 0.870. The van der Waals surface area contributed by atoms with Gasteiger partial charge in [0.1, 0.15) is 0 Å². The second kappa shape index (κ2) is 2.68. The summed E-state index contributed by atoms with van der Waals surface area (Å²) < 4.78 is 0. The zero-order valence-electron chi connectivity index (χ0n) is 6.36. The van der Waals surface area contributed by atoms with Crippen LogP contribution in [-0.4, -0.2) is 0 Å². The fraction of sp³-hybridized carbons (Fsp3) is 0.625. The molecule has 0 aromatic rings. The van der Waals surface area contributed by atoms with Crippen molar-refractivity contribution in [2.75, 3.05) is 0 Å². The Bertz CT molecular complexity index is 143. The molecule has 0 bridgehead atoms. The molecule has 0 aliphatic heterocycles. The van der Waals surface area contributed by atoms with Crippen molar-refractivity contribution in [2.24, 2.45) is 5.41 Å². The summed E-state index contributed by atoms with van der Waals surface area (Å²) in [4.78, 5) is 0. The first-order valence-corrected chi connectivity index (χ1v) is 3.03. The van der Waals surface area contributed by atoms with Crippen molar-refractivity contribution in [3.63, 3.8) is 0 Å². The first kappa shape index (κ1) is 8.23. The molecule has 0 atom stereocenters. The van der Waals surface area contributed by atoms with Crippen molar-refractivity contribution >= 4 is 0 Å². The fourth-order valence-electron chi connectivity index (χ4n) is 0.680. The van der Waals surface area contributed by atoms with Gasteiger partial charge in [-0.1, -0.05) is 27.4 Å². The van der Waals surface area contributed by atoms with Crippen LogP contribution < -0.4 is 0 Å². The molecule has 0 aromatic heterocycles. The summed E-state index contributed by atoms with van der Waals surface area (Å²) in [6.45, 7) is 9.88. The molecule has 50 valence electrons. The molecular weight excluding hydrogens is 110 g/mol. The van der Waals surface area contributed by atoms with Gasteiger partial charge in [0.15, 0.2) is 0 Å². The third kappa shape index (κ3) is 5.10. The summed E-state index contributed by atoms with van der Waals surface area (Å²) in [5.74, 6) is 0. The van der Waals surface area contributed by atoms with Crippen molar-refractivity contribution in [2.45, 2.75) is 27.2 Å². The highest BCUT2D eigenvalue weighted by atomic mass is 14.3. The van der Waals surface area contributed by atoms with Gasteiger partial charge in [-0.25, -0.2) is 0 Å². The Kier molecular flexibility index (Phi) is 2.45. The number of nitriles is 1. The quantitative estimate of drug-likeness (QED) is 0.491. The molecule has 0 radical (unpaired) electrons. The zero-order valence-corrected chi connectivity index (χ0v) is 6.36. The van der Waals surface area contributed by atoms with Crippen molar-refractivity contribution in [1.29, 1.82) is 5.26 Å². The number of rotatable bonds is 1. The molecule has 0 spiro atoms. The molecule has 0 fully saturated rings. The maximum Gasteiger partial charge on any atom is 0.0941 e. The lowest BCUT2D eigenvalue weighted by Gasteiger charge is -2.15. The third-order valence-electron chi connectivity index (χ3n) is 0.902. The number of allylic oxidation sites excluding steroid dienone is 1. The predicted molar refractivity (Wildman–Crippen MR) is 38.8 cm³/mol. The molecule has 0 N–H and O–H groups in total. The van der Waals surface area contributed by atoms with Gasteiger partial charge in [-0.2, -0.15) is 5.26 Å². The van der Waals surface area contributed by atoms with Crippen LogP contribution in [-0.2, 0) is 0 Å². The van der Waals surface area contributed by atoms with Crippen LogP contribution in [0.2, 0.25) is 0 Å². The highest BCUT2D eigenvalue weighted by Gasteiger charge is 2.10. The molecule has 1 nitrogen and oxygen atoms in total. The molecule has 0 heterocycles. The Balaban J connectivity index is 3.78. The van der Waals surface area contributed by atoms with Gasteiger partial charge < -0.3 is 0 Å². The molecule has 0 unspecified atom stereocenters. The minimum atomic E-state index is 0.201. The van der Waals surface area contributed by atoms with Gasteiger partial charge in [0.25, 0.3) is 0 Å². The van der Waals surface area contributed by atoms with E-state index in [4.69, 9.17) is 5.26 Å². The van der Waals surface area contributed by atoms with Crippen molar-refractivity contribution in [3.05, 3.63) is 12.2 Å². The molecule has 0 rings (SSSR count). The van der Waals surface area contributed by atoms with Crippen LogP contribution in [0.3, 0.4) is 0 Å². The Morgan fingerprint density at radius 2 is 2.00 bits per heavy atom. The van der Waals surface area contributed by atoms with E-state index in [1.807, 2.05) is 6.07 Å². The van der Waals surface area contributed by atoms with E-state index in [9.17, 15) is 0 Å². The normalized spacial score (nSPS) is 10.4. The molecule has 0 saturated heterocycles. The van der Waals surface area contributed by atoms with E-state index in [1.54, 1.807) is 0 Å². The van der Waals surface area contributed by atoms with Gasteiger partial charge in [-0.3, -0.25) is 0 Å². The van der Waals surface area contributed by atoms with Crippen LogP contribution in [0.4, 0.5) is 0 Å². The second-order valence-electron chi connectivity index (χ2n) is 3.45. The maximum atomic E-state index is 8.35. The molecule has 0 aliphatic rings. The summed E-state index contributed by atoms with van der Waals surface area (Å²) in [6, 6.07) is 2.03. The summed E-state index contributed by atoms with van der Waals surface area (Å²) in [7, 11) is 0. The van der Waals surface area contributed by atoms with E-state index < -0.39 is 0 Å². The van der Waals surface area contributed by atoms with Gasteiger partial charge in [0, 0.05) is 5.57 Å². The summed E-state index contributed by atoms with van der Waals surface area (Å²) in [6.07, 6.45) is 0.795. The van der Waals surface area contributed by atoms with Gasteiger partial charge in [-0.05, 0) is 11.8 Å². The van der Waals surface area contributed by atoms with Crippen LogP contribution in [0.1, 0.15) is 27.2 Å². The third-order valence-corrected chi connectivity index (χ3v) is 0.902. The molecule has 0 amide bonds. The lowest BCUT2D eigenvalue weighted by Crippen LogP contribution is -2.04. The fourth-order valence-corrected chi connectivity index (χ4v) is 0.680. The number of hydrogen-bond acceptors (Lipinski definition) is 1. The Morgan fingerprint density at radius 1 is 1.56 bits per heavy atom. The summed E-state index contributed by atoms with van der Waals surface area (Å²) in [5, 5.41) is 8.35. The maximum absolute atomic E-state index is 8.35. The van der Waals surface area contributed by atoms with Gasteiger partial charge in [-0.15, -0.1) is 0 Å². The molecule has 9 heavy (non-hydrogen) atoms. The zero-order chi connectivity index (χ0) is 7.49. The minimum Gasteiger partial charge on any atom is -0.193 e. The first-order valence-electron chi connectivity index (χ1n) is 3.03. The van der Waals surface area contributed by atoms with E-state index in [2.05, 4.69) is 27.4 Å². The van der Waals surface area contributed by atoms with E-state index in [0.29, 0.717) is 5.57 Å². The van der Waals surface area contributed by atoms with Gasteiger partial charge in [0.2, 0.25) is 0 Å². The largest absolute Gasteiger partial charge is 0.193 e. The highest BCUT2D eigenvalue weighted by Crippen LogP contribution is 2.22. The van der Waals surface area contributed by atoms with Crippen LogP contribution in [0, 0.1) is 16.7 Å². The predicted octanol–water partition coefficient (Wildman–Crippen LogP) is 2.50. The second-order valence-corrected chi connectivity index (χ2v) is 3.45. The SMILES string of the molecule is C=C(C#N)CC(C)(C)C. The average molecular weight is 123 g/mol. The monoisotopic (exact) mass is 123 g/mol. The van der Waals surface area contributed by atoms with Crippen LogP contribution in [0.25, 0.3) is 0 Å². The smallest absolute Gasteiger partial charge is 0.0941 e. The van der Waals surface area contributed by atoms with Crippen LogP contribution >= 0.6 is 0 Å². The molecule has 1 heteroatoms. The number of nitrogens with zero attached hydrogens (tertiary/aromatic N) is 1. The molecule has 0 aliphatic carbocycles. The Morgan fingerprint density at radius 3 is 2.11 bits per heavy atom. The van der Waals surface area contributed by atoms with Gasteiger partial charge in [0.05, 0.1) is 6.07 Å². The molecular formula is C8H13N. The lowest BCUT2D eigenvalue weighted by atomic mass is 9.89. The number of hydrogen-bond donors (Lipinski definition) is 0. The van der Waals surface area contributed by atoms with Crippen molar-refractivity contribution in [1.82, 2.24) is 0 Å².